The summed E-state index contributed by atoms with van der Waals surface area (Å²) in [5.41, 5.74) is 1.46. The largest absolute Gasteiger partial charge is 0.332 e. The number of nitrogens with zero attached hydrogens (tertiary/aromatic N) is 3. The average molecular weight is 496 g/mol. The van der Waals surface area contributed by atoms with Crippen LogP contribution in [0.5, 0.6) is 0 Å². The summed E-state index contributed by atoms with van der Waals surface area (Å²) in [5, 5.41) is 5.93. The predicted molar refractivity (Wildman–Crippen MR) is 111 cm³/mol. The number of hydrogen-bond donors (Lipinski definition) is 1. The van der Waals surface area contributed by atoms with E-state index in [4.69, 9.17) is 0 Å². The van der Waals surface area contributed by atoms with Crippen LogP contribution >= 0.6 is 22.6 Å². The van der Waals surface area contributed by atoms with Crippen molar-refractivity contribution in [3.8, 4) is 0 Å². The second-order valence-electron chi connectivity index (χ2n) is 6.47. The fraction of sp³-hybridized carbons (Fsp3) is 0.222. The molecule has 0 fully saturated rings. The Labute approximate surface area is 170 Å². The van der Waals surface area contributed by atoms with Crippen LogP contribution in [-0.4, -0.2) is 29.0 Å². The molecule has 1 aromatic heterocycles. The molecule has 0 saturated heterocycles. The van der Waals surface area contributed by atoms with Crippen LogP contribution < -0.4 is 4.72 Å². The van der Waals surface area contributed by atoms with Gasteiger partial charge in [0, 0.05) is 28.5 Å². The number of anilines is 1. The number of sulfonamides is 1. The Morgan fingerprint density at radius 3 is 2.59 bits per heavy atom. The zero-order valence-corrected chi connectivity index (χ0v) is 17.7. The van der Waals surface area contributed by atoms with E-state index in [0.29, 0.717) is 24.3 Å². The summed E-state index contributed by atoms with van der Waals surface area (Å²) in [5.74, 6) is 0.337. The number of nitrogens with one attached hydrogen (secondary N) is 1. The van der Waals surface area contributed by atoms with Gasteiger partial charge in [0.25, 0.3) is 10.0 Å². The maximum Gasteiger partial charge on any atom is 0.263 e. The quantitative estimate of drug-likeness (QED) is 0.566. The Morgan fingerprint density at radius 2 is 1.85 bits per heavy atom. The number of hydrogen-bond acceptors (Lipinski definition) is 4. The molecule has 1 aliphatic rings. The van der Waals surface area contributed by atoms with Gasteiger partial charge in [-0.1, -0.05) is 24.3 Å². The zero-order chi connectivity index (χ0) is 19.3. The lowest BCUT2D eigenvalue weighted by Crippen LogP contribution is -2.23. The summed E-state index contributed by atoms with van der Waals surface area (Å²) >= 11 is 2.20. The van der Waals surface area contributed by atoms with Gasteiger partial charge in [0.05, 0.1) is 23.7 Å². The molecule has 0 bridgehead atoms. The van der Waals surface area contributed by atoms with E-state index < -0.39 is 10.0 Å². The molecule has 7 nitrogen and oxygen atoms in total. The average Bonchev–Trinajstić information content (AvgIpc) is 3.14. The van der Waals surface area contributed by atoms with Crippen molar-refractivity contribution in [2.75, 3.05) is 4.72 Å². The van der Waals surface area contributed by atoms with Gasteiger partial charge in [0.1, 0.15) is 5.82 Å². The fourth-order valence-electron chi connectivity index (χ4n) is 3.35. The van der Waals surface area contributed by atoms with Crippen molar-refractivity contribution in [1.82, 2.24) is 14.7 Å². The third-order valence-corrected chi connectivity index (χ3v) is 7.05. The molecule has 4 rings (SSSR count). The summed E-state index contributed by atoms with van der Waals surface area (Å²) in [4.78, 5) is 13.5. The molecule has 1 aliphatic heterocycles. The molecular formula is C18H17IN4O3S. The molecule has 0 aliphatic carbocycles. The van der Waals surface area contributed by atoms with Crippen molar-refractivity contribution in [2.24, 2.45) is 7.05 Å². The first-order valence-electron chi connectivity index (χ1n) is 8.28. The molecular weight excluding hydrogens is 479 g/mol. The zero-order valence-electron chi connectivity index (χ0n) is 14.7. The van der Waals surface area contributed by atoms with Crippen LogP contribution in [0.25, 0.3) is 10.8 Å². The summed E-state index contributed by atoms with van der Waals surface area (Å²) in [6.45, 7) is 2.24. The number of halogens is 1. The Bertz CT molecular complexity index is 1190. The monoisotopic (exact) mass is 496 g/mol. The fourth-order valence-corrected chi connectivity index (χ4v) is 5.38. The van der Waals surface area contributed by atoms with Crippen molar-refractivity contribution in [3.63, 3.8) is 0 Å². The summed E-state index contributed by atoms with van der Waals surface area (Å²) in [6, 6.07) is 10.8. The molecule has 0 atom stereocenters. The third kappa shape index (κ3) is 3.08. The molecule has 3 aromatic rings. The molecule has 0 radical (unpaired) electrons. The highest BCUT2D eigenvalue weighted by Gasteiger charge is 2.30. The number of carbonyl (C=O) groups excluding carboxylic acids is 1. The van der Waals surface area contributed by atoms with Crippen LogP contribution in [0.3, 0.4) is 0 Å². The van der Waals surface area contributed by atoms with E-state index in [1.54, 1.807) is 30.1 Å². The smallest absolute Gasteiger partial charge is 0.263 e. The van der Waals surface area contributed by atoms with E-state index in [9.17, 15) is 13.2 Å². The van der Waals surface area contributed by atoms with Gasteiger partial charge in [0.2, 0.25) is 5.91 Å². The number of aryl methyl sites for hydroxylation is 1. The molecule has 27 heavy (non-hydrogen) atoms. The Hall–Kier alpha value is -2.14. The maximum absolute atomic E-state index is 13.2. The van der Waals surface area contributed by atoms with Gasteiger partial charge in [0.15, 0.2) is 0 Å². The molecule has 140 valence electrons. The summed E-state index contributed by atoms with van der Waals surface area (Å²) < 4.78 is 31.5. The van der Waals surface area contributed by atoms with Crippen LogP contribution in [-0.2, 0) is 35.0 Å². The highest BCUT2D eigenvalue weighted by molar-refractivity contribution is 14.1. The first-order valence-corrected chi connectivity index (χ1v) is 10.8. The minimum atomic E-state index is -3.83. The van der Waals surface area contributed by atoms with Crippen molar-refractivity contribution in [1.29, 1.82) is 0 Å². The first-order chi connectivity index (χ1) is 12.8. The van der Waals surface area contributed by atoms with Crippen LogP contribution in [0, 0.1) is 3.57 Å². The summed E-state index contributed by atoms with van der Waals surface area (Å²) in [7, 11) is -2.13. The van der Waals surface area contributed by atoms with Gasteiger partial charge >= 0.3 is 0 Å². The third-order valence-electron chi connectivity index (χ3n) is 4.71. The maximum atomic E-state index is 13.2. The van der Waals surface area contributed by atoms with Crippen molar-refractivity contribution in [2.45, 2.75) is 24.9 Å². The van der Waals surface area contributed by atoms with Gasteiger partial charge in [-0.05, 0) is 40.1 Å². The van der Waals surface area contributed by atoms with Crippen LogP contribution in [0.15, 0.2) is 41.3 Å². The van der Waals surface area contributed by atoms with Gasteiger partial charge in [-0.15, -0.1) is 0 Å². The van der Waals surface area contributed by atoms with E-state index in [1.165, 1.54) is 11.6 Å². The predicted octanol–water partition coefficient (Wildman–Crippen LogP) is 2.84. The van der Waals surface area contributed by atoms with Crippen LogP contribution in [0.2, 0.25) is 0 Å². The molecule has 0 spiro atoms. The molecule has 0 saturated carbocycles. The topological polar surface area (TPSA) is 84.3 Å². The van der Waals surface area contributed by atoms with Gasteiger partial charge in [-0.2, -0.15) is 5.10 Å². The molecule has 0 unspecified atom stereocenters. The van der Waals surface area contributed by atoms with E-state index in [2.05, 4.69) is 32.4 Å². The standard InChI is InChI=1S/C18H17IN4O3S/c1-11(24)23-9-14-16(10-23)20-22(2)18(14)21-27(25,26)17-8-4-5-12-13(17)6-3-7-15(12)19/h3-8,21H,9-10H2,1-2H3. The highest BCUT2D eigenvalue weighted by Crippen LogP contribution is 2.32. The van der Waals surface area contributed by atoms with Crippen LogP contribution in [0.1, 0.15) is 18.2 Å². The number of carbonyl (C=O) groups is 1. The normalized spacial score (nSPS) is 13.8. The molecule has 1 amide bonds. The van der Waals surface area contributed by atoms with Gasteiger partial charge in [-0.25, -0.2) is 8.42 Å². The minimum absolute atomic E-state index is 0.0620. The van der Waals surface area contributed by atoms with Gasteiger partial charge < -0.3 is 4.90 Å². The molecule has 2 heterocycles. The second kappa shape index (κ2) is 6.48. The SMILES string of the molecule is CC(=O)N1Cc2nn(C)c(NS(=O)(=O)c3cccc4c(I)cccc34)c2C1. The van der Waals surface area contributed by atoms with Gasteiger partial charge in [-0.3, -0.25) is 14.2 Å². The van der Waals surface area contributed by atoms with Crippen molar-refractivity contribution < 1.29 is 13.2 Å². The van der Waals surface area contributed by atoms with Crippen LogP contribution in [0.4, 0.5) is 5.82 Å². The van der Waals surface area contributed by atoms with E-state index in [0.717, 1.165) is 20.2 Å². The molecule has 2 aromatic carbocycles. The molecule has 1 N–H and O–H groups in total. The summed E-state index contributed by atoms with van der Waals surface area (Å²) in [6.07, 6.45) is 0. The lowest BCUT2D eigenvalue weighted by Gasteiger charge is -2.15. The number of aromatic nitrogens is 2. The number of benzene rings is 2. The van der Waals surface area contributed by atoms with E-state index in [-0.39, 0.29) is 10.8 Å². The Morgan fingerprint density at radius 1 is 1.15 bits per heavy atom. The van der Waals surface area contributed by atoms with E-state index in [1.807, 2.05) is 18.2 Å². The number of fused-ring (bicyclic) bond motifs is 2. The van der Waals surface area contributed by atoms with E-state index >= 15 is 0 Å². The second-order valence-corrected chi connectivity index (χ2v) is 9.28. The van der Waals surface area contributed by atoms with Crippen molar-refractivity contribution in [3.05, 3.63) is 51.2 Å². The lowest BCUT2D eigenvalue weighted by molar-refractivity contribution is -0.129. The molecule has 9 heteroatoms. The highest BCUT2D eigenvalue weighted by atomic mass is 127. The number of amides is 1. The first kappa shape index (κ1) is 18.2. The Kier molecular flexibility index (Phi) is 4.38. The Balaban J connectivity index is 1.77. The lowest BCUT2D eigenvalue weighted by atomic mass is 10.1. The minimum Gasteiger partial charge on any atom is -0.332 e. The number of rotatable bonds is 3. The van der Waals surface area contributed by atoms with Crippen molar-refractivity contribution >= 4 is 55.1 Å².